The molecule has 0 saturated heterocycles. The molecule has 0 fully saturated rings. The van der Waals surface area contributed by atoms with Crippen LogP contribution in [0.15, 0.2) is 69.9 Å². The third-order valence-corrected chi connectivity index (χ3v) is 3.95. The Morgan fingerprint density at radius 2 is 1.54 bits per heavy atom. The lowest BCUT2D eigenvalue weighted by Gasteiger charge is -2.11. The summed E-state index contributed by atoms with van der Waals surface area (Å²) in [6, 6.07) is 18.4. The average molecular weight is 344 g/mol. The van der Waals surface area contributed by atoms with Crippen LogP contribution in [0.5, 0.6) is 11.8 Å². The van der Waals surface area contributed by atoms with Crippen molar-refractivity contribution in [2.24, 2.45) is 0 Å². The molecule has 0 N–H and O–H groups in total. The van der Waals surface area contributed by atoms with Gasteiger partial charge in [-0.1, -0.05) is 42.5 Å². The summed E-state index contributed by atoms with van der Waals surface area (Å²) >= 11 is 0. The SMILES string of the molecule is Cc1cc(C)nc(Oc2c(-c3ccccc3)oc3ccccc3c2=O)n1. The first kappa shape index (κ1) is 16.0. The fourth-order valence-electron chi connectivity index (χ4n) is 2.83. The summed E-state index contributed by atoms with van der Waals surface area (Å²) in [7, 11) is 0. The molecule has 4 aromatic rings. The second-order valence-corrected chi connectivity index (χ2v) is 5.99. The molecule has 0 saturated carbocycles. The molecule has 0 amide bonds. The number of rotatable bonds is 3. The van der Waals surface area contributed by atoms with Gasteiger partial charge in [0.1, 0.15) is 5.58 Å². The smallest absolute Gasteiger partial charge is 0.322 e. The van der Waals surface area contributed by atoms with Crippen LogP contribution in [0.1, 0.15) is 11.4 Å². The van der Waals surface area contributed by atoms with Crippen LogP contribution in [-0.2, 0) is 0 Å². The summed E-state index contributed by atoms with van der Waals surface area (Å²) in [6.45, 7) is 3.70. The molecule has 4 rings (SSSR count). The Morgan fingerprint density at radius 1 is 0.885 bits per heavy atom. The van der Waals surface area contributed by atoms with Gasteiger partial charge in [0.25, 0.3) is 0 Å². The van der Waals surface area contributed by atoms with Crippen molar-refractivity contribution in [1.29, 1.82) is 0 Å². The zero-order valence-electron chi connectivity index (χ0n) is 14.4. The van der Waals surface area contributed by atoms with Gasteiger partial charge in [-0.2, -0.15) is 0 Å². The van der Waals surface area contributed by atoms with Gasteiger partial charge in [-0.05, 0) is 32.0 Å². The number of ether oxygens (including phenoxy) is 1. The molecule has 0 bridgehead atoms. The Kier molecular flexibility index (Phi) is 3.97. The molecule has 128 valence electrons. The van der Waals surface area contributed by atoms with E-state index in [4.69, 9.17) is 9.15 Å². The van der Waals surface area contributed by atoms with Crippen LogP contribution in [0.4, 0.5) is 0 Å². The van der Waals surface area contributed by atoms with Crippen LogP contribution < -0.4 is 10.2 Å². The Labute approximate surface area is 149 Å². The number of fused-ring (bicyclic) bond motifs is 1. The fourth-order valence-corrected chi connectivity index (χ4v) is 2.83. The van der Waals surface area contributed by atoms with Gasteiger partial charge >= 0.3 is 6.01 Å². The van der Waals surface area contributed by atoms with Gasteiger partial charge in [0, 0.05) is 17.0 Å². The van der Waals surface area contributed by atoms with Crippen molar-refractivity contribution in [2.75, 3.05) is 0 Å². The number of benzene rings is 2. The van der Waals surface area contributed by atoms with Crippen LogP contribution in [0.3, 0.4) is 0 Å². The topological polar surface area (TPSA) is 65.2 Å². The van der Waals surface area contributed by atoms with Crippen LogP contribution >= 0.6 is 0 Å². The zero-order valence-corrected chi connectivity index (χ0v) is 14.4. The predicted octanol–water partition coefficient (Wildman–Crippen LogP) is 4.66. The molecule has 0 spiro atoms. The second-order valence-electron chi connectivity index (χ2n) is 5.99. The molecule has 0 aliphatic rings. The molecule has 0 aliphatic heterocycles. The van der Waals surface area contributed by atoms with Gasteiger partial charge < -0.3 is 9.15 Å². The van der Waals surface area contributed by atoms with Crippen LogP contribution in [0.25, 0.3) is 22.3 Å². The highest BCUT2D eigenvalue weighted by molar-refractivity contribution is 5.82. The van der Waals surface area contributed by atoms with Crippen molar-refractivity contribution >= 4 is 11.0 Å². The predicted molar refractivity (Wildman–Crippen MR) is 99.5 cm³/mol. The maximum Gasteiger partial charge on any atom is 0.322 e. The Hall–Kier alpha value is -3.47. The summed E-state index contributed by atoms with van der Waals surface area (Å²) in [4.78, 5) is 21.6. The number of hydrogen-bond acceptors (Lipinski definition) is 5. The second kappa shape index (κ2) is 6.44. The van der Waals surface area contributed by atoms with Crippen molar-refractivity contribution in [3.63, 3.8) is 0 Å². The number of para-hydroxylation sites is 1. The minimum atomic E-state index is -0.256. The van der Waals surface area contributed by atoms with Gasteiger partial charge in [0.2, 0.25) is 11.2 Å². The highest BCUT2D eigenvalue weighted by atomic mass is 16.5. The Morgan fingerprint density at radius 3 is 2.27 bits per heavy atom. The van der Waals surface area contributed by atoms with Gasteiger partial charge in [0.15, 0.2) is 5.76 Å². The molecule has 0 radical (unpaired) electrons. The quantitative estimate of drug-likeness (QED) is 0.541. The number of nitrogens with zero attached hydrogens (tertiary/aromatic N) is 2. The molecule has 2 aromatic carbocycles. The number of hydrogen-bond donors (Lipinski definition) is 0. The van der Waals surface area contributed by atoms with E-state index in [1.165, 1.54) is 0 Å². The molecule has 5 nitrogen and oxygen atoms in total. The van der Waals surface area contributed by atoms with E-state index in [0.717, 1.165) is 17.0 Å². The largest absolute Gasteiger partial charge is 0.452 e. The summed E-state index contributed by atoms with van der Waals surface area (Å²) in [6.07, 6.45) is 0. The van der Waals surface area contributed by atoms with E-state index in [0.29, 0.717) is 16.7 Å². The van der Waals surface area contributed by atoms with Crippen molar-refractivity contribution < 1.29 is 9.15 Å². The summed E-state index contributed by atoms with van der Waals surface area (Å²) in [5.74, 6) is 0.442. The first-order valence-corrected chi connectivity index (χ1v) is 8.23. The zero-order chi connectivity index (χ0) is 18.1. The molecular weight excluding hydrogens is 328 g/mol. The minimum absolute atomic E-state index is 0.0832. The number of aromatic nitrogens is 2. The molecular formula is C21H16N2O3. The lowest BCUT2D eigenvalue weighted by molar-refractivity contribution is 0.421. The van der Waals surface area contributed by atoms with Crippen molar-refractivity contribution in [1.82, 2.24) is 9.97 Å². The fraction of sp³-hybridized carbons (Fsp3) is 0.0952. The van der Waals surface area contributed by atoms with Crippen molar-refractivity contribution in [3.8, 4) is 23.1 Å². The van der Waals surface area contributed by atoms with Crippen LogP contribution in [-0.4, -0.2) is 9.97 Å². The Bertz CT molecular complexity index is 1130. The summed E-state index contributed by atoms with van der Waals surface area (Å²) in [5, 5.41) is 0.451. The third kappa shape index (κ3) is 2.95. The van der Waals surface area contributed by atoms with E-state index < -0.39 is 0 Å². The van der Waals surface area contributed by atoms with E-state index in [9.17, 15) is 4.79 Å². The van der Waals surface area contributed by atoms with Gasteiger partial charge in [-0.25, -0.2) is 9.97 Å². The van der Waals surface area contributed by atoms with Gasteiger partial charge in [0.05, 0.1) is 5.39 Å². The number of aryl methyl sites for hydroxylation is 2. The molecule has 0 aliphatic carbocycles. The van der Waals surface area contributed by atoms with E-state index in [1.54, 1.807) is 18.2 Å². The summed E-state index contributed by atoms with van der Waals surface area (Å²) in [5.41, 5.74) is 2.52. The average Bonchev–Trinajstić information content (AvgIpc) is 2.64. The van der Waals surface area contributed by atoms with Crippen molar-refractivity contribution in [2.45, 2.75) is 13.8 Å². The molecule has 0 unspecified atom stereocenters. The third-order valence-electron chi connectivity index (χ3n) is 3.95. The van der Waals surface area contributed by atoms with Crippen LogP contribution in [0, 0.1) is 13.8 Å². The van der Waals surface area contributed by atoms with Gasteiger partial charge in [-0.15, -0.1) is 0 Å². The molecule has 5 heteroatoms. The first-order valence-electron chi connectivity index (χ1n) is 8.23. The molecule has 0 atom stereocenters. The molecule has 26 heavy (non-hydrogen) atoms. The van der Waals surface area contributed by atoms with E-state index >= 15 is 0 Å². The maximum atomic E-state index is 13.1. The van der Waals surface area contributed by atoms with E-state index in [1.807, 2.05) is 56.3 Å². The first-order chi connectivity index (χ1) is 12.6. The van der Waals surface area contributed by atoms with Crippen molar-refractivity contribution in [3.05, 3.63) is 82.3 Å². The monoisotopic (exact) mass is 344 g/mol. The molecule has 2 aromatic heterocycles. The normalized spacial score (nSPS) is 10.8. The van der Waals surface area contributed by atoms with E-state index in [2.05, 4.69) is 9.97 Å². The highest BCUT2D eigenvalue weighted by Gasteiger charge is 2.19. The standard InChI is InChI=1S/C21H16N2O3/c1-13-12-14(2)23-21(22-13)26-20-18(24)16-10-6-7-11-17(16)25-19(20)15-8-4-3-5-9-15/h3-12H,1-2H3. The lowest BCUT2D eigenvalue weighted by atomic mass is 10.1. The highest BCUT2D eigenvalue weighted by Crippen LogP contribution is 2.32. The summed E-state index contributed by atoms with van der Waals surface area (Å²) < 4.78 is 11.8. The van der Waals surface area contributed by atoms with Crippen LogP contribution in [0.2, 0.25) is 0 Å². The minimum Gasteiger partial charge on any atom is -0.452 e. The molecule has 2 heterocycles. The maximum absolute atomic E-state index is 13.1. The lowest BCUT2D eigenvalue weighted by Crippen LogP contribution is -2.09. The van der Waals surface area contributed by atoms with Gasteiger partial charge in [-0.3, -0.25) is 4.79 Å². The van der Waals surface area contributed by atoms with E-state index in [-0.39, 0.29) is 17.2 Å². The Balaban J connectivity index is 1.97.